The van der Waals surface area contributed by atoms with Crippen LogP contribution in [0.4, 0.5) is 0 Å². The molecule has 0 saturated carbocycles. The Morgan fingerprint density at radius 1 is 1.19 bits per heavy atom. The number of fused-ring (bicyclic) bond motifs is 1. The topological polar surface area (TPSA) is 64.4 Å². The van der Waals surface area contributed by atoms with Crippen LogP contribution in [0.15, 0.2) is 59.7 Å². The Hall–Kier alpha value is -3.15. The Labute approximate surface area is 151 Å². The lowest BCUT2D eigenvalue weighted by molar-refractivity contribution is -0.130. The Morgan fingerprint density at radius 2 is 2.00 bits per heavy atom. The molecule has 26 heavy (non-hydrogen) atoms. The number of hydrogen-bond acceptors (Lipinski definition) is 4. The summed E-state index contributed by atoms with van der Waals surface area (Å²) in [4.78, 5) is 30.6. The van der Waals surface area contributed by atoms with Crippen LogP contribution in [-0.2, 0) is 11.3 Å². The zero-order valence-electron chi connectivity index (χ0n) is 14.9. The minimum Gasteiger partial charge on any atom is -0.492 e. The first-order chi connectivity index (χ1) is 12.5. The molecule has 0 unspecified atom stereocenters. The van der Waals surface area contributed by atoms with Crippen LogP contribution in [0.5, 0.6) is 5.75 Å². The first kappa shape index (κ1) is 17.7. The molecule has 3 rings (SSSR count). The fourth-order valence-electron chi connectivity index (χ4n) is 2.62. The molecule has 0 atom stereocenters. The van der Waals surface area contributed by atoms with Gasteiger partial charge in [0.1, 0.15) is 18.9 Å². The molecule has 0 aliphatic heterocycles. The highest BCUT2D eigenvalue weighted by Crippen LogP contribution is 2.12. The van der Waals surface area contributed by atoms with Crippen LogP contribution in [0.2, 0.25) is 0 Å². The Balaban J connectivity index is 1.59. The van der Waals surface area contributed by atoms with Crippen LogP contribution in [0, 0.1) is 6.92 Å². The average Bonchev–Trinajstić information content (AvgIpc) is 2.64. The number of benzene rings is 2. The van der Waals surface area contributed by atoms with Crippen molar-refractivity contribution in [3.05, 3.63) is 70.8 Å². The number of amides is 1. The van der Waals surface area contributed by atoms with Gasteiger partial charge in [0, 0.05) is 7.05 Å². The predicted octanol–water partition coefficient (Wildman–Crippen LogP) is 2.24. The molecule has 0 N–H and O–H groups in total. The van der Waals surface area contributed by atoms with Gasteiger partial charge >= 0.3 is 0 Å². The summed E-state index contributed by atoms with van der Waals surface area (Å²) < 4.78 is 7.00. The first-order valence-electron chi connectivity index (χ1n) is 8.42. The molecule has 134 valence electrons. The third-order valence-electron chi connectivity index (χ3n) is 4.15. The zero-order valence-corrected chi connectivity index (χ0v) is 14.9. The van der Waals surface area contributed by atoms with E-state index in [-0.39, 0.29) is 18.0 Å². The van der Waals surface area contributed by atoms with Gasteiger partial charge in [0.25, 0.3) is 5.56 Å². The minimum absolute atomic E-state index is 0.0440. The maximum atomic E-state index is 12.4. The van der Waals surface area contributed by atoms with E-state index in [0.29, 0.717) is 24.1 Å². The molecule has 3 aromatic rings. The number of aromatic nitrogens is 2. The molecule has 1 amide bonds. The molecule has 0 bridgehead atoms. The summed E-state index contributed by atoms with van der Waals surface area (Å²) in [7, 11) is 1.70. The van der Waals surface area contributed by atoms with Crippen molar-refractivity contribution in [2.24, 2.45) is 0 Å². The number of rotatable bonds is 6. The van der Waals surface area contributed by atoms with Crippen molar-refractivity contribution in [2.45, 2.75) is 13.5 Å². The molecule has 0 saturated heterocycles. The third-order valence-corrected chi connectivity index (χ3v) is 4.15. The molecule has 0 fully saturated rings. The average molecular weight is 351 g/mol. The number of para-hydroxylation sites is 1. The van der Waals surface area contributed by atoms with Gasteiger partial charge in [-0.15, -0.1) is 0 Å². The largest absolute Gasteiger partial charge is 0.492 e. The molecule has 0 aliphatic rings. The van der Waals surface area contributed by atoms with E-state index in [1.807, 2.05) is 37.3 Å². The predicted molar refractivity (Wildman–Crippen MR) is 100 cm³/mol. The van der Waals surface area contributed by atoms with Crippen molar-refractivity contribution in [3.8, 4) is 5.75 Å². The van der Waals surface area contributed by atoms with Gasteiger partial charge in [-0.25, -0.2) is 4.98 Å². The summed E-state index contributed by atoms with van der Waals surface area (Å²) in [6.07, 6.45) is 1.42. The number of likely N-dealkylation sites (N-methyl/N-ethyl adjacent to an activating group) is 1. The van der Waals surface area contributed by atoms with Gasteiger partial charge in [-0.2, -0.15) is 0 Å². The summed E-state index contributed by atoms with van der Waals surface area (Å²) >= 11 is 0. The summed E-state index contributed by atoms with van der Waals surface area (Å²) in [5.74, 6) is 0.609. The van der Waals surface area contributed by atoms with E-state index >= 15 is 0 Å². The number of carbonyl (C=O) groups is 1. The number of nitrogens with zero attached hydrogens (tertiary/aromatic N) is 3. The summed E-state index contributed by atoms with van der Waals surface area (Å²) in [6, 6.07) is 14.9. The lowest BCUT2D eigenvalue weighted by Crippen LogP contribution is -2.36. The second kappa shape index (κ2) is 7.82. The van der Waals surface area contributed by atoms with Gasteiger partial charge in [0.05, 0.1) is 23.8 Å². The second-order valence-corrected chi connectivity index (χ2v) is 6.18. The van der Waals surface area contributed by atoms with Gasteiger partial charge in [-0.3, -0.25) is 14.2 Å². The number of carbonyl (C=O) groups excluding carboxylic acids is 1. The molecule has 1 aromatic heterocycles. The van der Waals surface area contributed by atoms with Crippen LogP contribution in [0.25, 0.3) is 10.9 Å². The van der Waals surface area contributed by atoms with E-state index in [9.17, 15) is 9.59 Å². The molecule has 6 heteroatoms. The Bertz CT molecular complexity index is 981. The summed E-state index contributed by atoms with van der Waals surface area (Å²) in [5, 5.41) is 0.508. The zero-order chi connectivity index (χ0) is 18.5. The van der Waals surface area contributed by atoms with E-state index in [0.717, 1.165) is 11.3 Å². The molecule has 1 heterocycles. The van der Waals surface area contributed by atoms with E-state index < -0.39 is 0 Å². The molecule has 0 spiro atoms. The summed E-state index contributed by atoms with van der Waals surface area (Å²) in [5.41, 5.74) is 1.53. The van der Waals surface area contributed by atoms with Crippen LogP contribution in [-0.4, -0.2) is 40.6 Å². The van der Waals surface area contributed by atoms with Crippen molar-refractivity contribution < 1.29 is 9.53 Å². The monoisotopic (exact) mass is 351 g/mol. The van der Waals surface area contributed by atoms with E-state index in [4.69, 9.17) is 4.74 Å². The fraction of sp³-hybridized carbons (Fsp3) is 0.250. The quantitative estimate of drug-likeness (QED) is 0.683. The van der Waals surface area contributed by atoms with Gasteiger partial charge < -0.3 is 9.64 Å². The van der Waals surface area contributed by atoms with E-state index in [1.54, 1.807) is 30.1 Å². The van der Waals surface area contributed by atoms with Gasteiger partial charge in [-0.1, -0.05) is 24.3 Å². The third kappa shape index (κ3) is 4.08. The van der Waals surface area contributed by atoms with E-state index in [1.165, 1.54) is 10.9 Å². The fourth-order valence-corrected chi connectivity index (χ4v) is 2.62. The molecule has 2 aromatic carbocycles. The van der Waals surface area contributed by atoms with Crippen LogP contribution < -0.4 is 10.3 Å². The highest BCUT2D eigenvalue weighted by molar-refractivity contribution is 5.78. The minimum atomic E-state index is -0.214. The summed E-state index contributed by atoms with van der Waals surface area (Å²) in [6.45, 7) is 2.77. The highest BCUT2D eigenvalue weighted by atomic mass is 16.5. The Kier molecular flexibility index (Phi) is 5.31. The smallest absolute Gasteiger partial charge is 0.261 e. The standard InChI is InChI=1S/C20H21N3O3/c1-15-6-5-7-16(12-15)26-11-10-22(2)19(24)13-23-14-21-18-9-4-3-8-17(18)20(23)25/h3-9,12,14H,10-11,13H2,1-2H3. The van der Waals surface area contributed by atoms with Crippen LogP contribution >= 0.6 is 0 Å². The van der Waals surface area contributed by atoms with Crippen LogP contribution in [0.1, 0.15) is 5.56 Å². The number of ether oxygens (including phenoxy) is 1. The SMILES string of the molecule is Cc1cccc(OCCN(C)C(=O)Cn2cnc3ccccc3c2=O)c1. The maximum absolute atomic E-state index is 12.4. The van der Waals surface area contributed by atoms with Gasteiger partial charge in [-0.05, 0) is 36.8 Å². The van der Waals surface area contributed by atoms with Gasteiger partial charge in [0.2, 0.25) is 5.91 Å². The van der Waals surface area contributed by atoms with E-state index in [2.05, 4.69) is 4.98 Å². The Morgan fingerprint density at radius 3 is 2.81 bits per heavy atom. The molecular formula is C20H21N3O3. The molecule has 0 aliphatic carbocycles. The first-order valence-corrected chi connectivity index (χ1v) is 8.42. The van der Waals surface area contributed by atoms with Crippen LogP contribution in [0.3, 0.4) is 0 Å². The lowest BCUT2D eigenvalue weighted by Gasteiger charge is -2.18. The van der Waals surface area contributed by atoms with Crippen molar-refractivity contribution >= 4 is 16.8 Å². The second-order valence-electron chi connectivity index (χ2n) is 6.18. The molecule has 0 radical (unpaired) electrons. The number of aryl methyl sites for hydroxylation is 1. The lowest BCUT2D eigenvalue weighted by atomic mass is 10.2. The maximum Gasteiger partial charge on any atom is 0.261 e. The van der Waals surface area contributed by atoms with Crippen molar-refractivity contribution in [2.75, 3.05) is 20.2 Å². The van der Waals surface area contributed by atoms with Crippen molar-refractivity contribution in [1.29, 1.82) is 0 Å². The van der Waals surface area contributed by atoms with Gasteiger partial charge in [0.15, 0.2) is 0 Å². The number of hydrogen-bond donors (Lipinski definition) is 0. The molecule has 6 nitrogen and oxygen atoms in total. The van der Waals surface area contributed by atoms with Crippen molar-refractivity contribution in [3.63, 3.8) is 0 Å². The normalized spacial score (nSPS) is 10.7. The van der Waals surface area contributed by atoms with Crippen molar-refractivity contribution in [1.82, 2.24) is 14.5 Å². The highest BCUT2D eigenvalue weighted by Gasteiger charge is 2.12. The molecular weight excluding hydrogens is 330 g/mol.